The van der Waals surface area contributed by atoms with Crippen molar-refractivity contribution in [2.75, 3.05) is 68.1 Å². The molecule has 0 aromatic carbocycles. The number of aliphatic hydroxyl groups excluding tert-OH is 3. The number of thioether (sulfide) groups is 4. The normalized spacial score (nSPS) is 23.3. The molecule has 0 spiro atoms. The molecule has 1 unspecified atom stereocenters. The number of aliphatic hydroxyl groups is 3. The zero-order valence-electron chi connectivity index (χ0n) is 75.1. The van der Waals surface area contributed by atoms with Gasteiger partial charge in [-0.25, -0.2) is 97.6 Å². The Bertz CT molecular complexity index is 4900. The molecule has 8 rings (SSSR count). The van der Waals surface area contributed by atoms with Gasteiger partial charge in [0.15, 0.2) is 24.0 Å². The number of rotatable bonds is 28. The number of nitrogens with zero attached hydrogens (tertiary/aromatic N) is 10. The number of nitrogen functional groups attached to an aromatic ring is 2. The predicted octanol–water partition coefficient (Wildman–Crippen LogP) is 11.5. The van der Waals surface area contributed by atoms with Crippen LogP contribution in [0.4, 0.5) is 74.4 Å². The van der Waals surface area contributed by atoms with Crippen molar-refractivity contribution >= 4 is 137 Å². The van der Waals surface area contributed by atoms with E-state index in [1.54, 1.807) is 132 Å². The fourth-order valence-electron chi connectivity index (χ4n) is 10.8. The minimum atomic E-state index is -4.74. The van der Waals surface area contributed by atoms with Gasteiger partial charge in [-0.15, -0.1) is 47.0 Å². The van der Waals surface area contributed by atoms with Crippen molar-refractivity contribution in [2.24, 2.45) is 11.8 Å². The molecule has 8 heterocycles. The Labute approximate surface area is 784 Å². The Hall–Kier alpha value is -8.26. The molecule has 4 amide bonds. The van der Waals surface area contributed by atoms with E-state index in [2.05, 4.69) is 47.9 Å². The number of nitrogens with two attached hydrogens (primary N) is 2. The number of hydrogen-bond acceptors (Lipinski definition) is 43. The predicted molar refractivity (Wildman–Crippen MR) is 478 cm³/mol. The average Bonchev–Trinajstić information content (AvgIpc) is 1.53. The van der Waals surface area contributed by atoms with E-state index in [1.807, 2.05) is 0 Å². The summed E-state index contributed by atoms with van der Waals surface area (Å²) >= 11 is 3.71. The van der Waals surface area contributed by atoms with Crippen molar-refractivity contribution in [3.63, 3.8) is 0 Å². The summed E-state index contributed by atoms with van der Waals surface area (Å²) in [5.41, 5.74) is 3.64. The maximum Gasteiger partial charge on any atom is 0.510 e. The van der Waals surface area contributed by atoms with Crippen molar-refractivity contribution < 1.29 is 169 Å². The molecule has 4 saturated heterocycles. The number of phosphoric acid groups is 3. The number of ether oxygens (including phenoxy) is 10. The molecule has 59 heteroatoms. The first kappa shape index (κ1) is 120. The minimum absolute atomic E-state index is 0. The molecular formula is C75H119F4N12O36P3S4. The van der Waals surface area contributed by atoms with E-state index in [0.29, 0.717) is 9.80 Å². The number of carbonyl (C=O) groups excluding carboxylic acids is 7. The summed E-state index contributed by atoms with van der Waals surface area (Å²) in [5.74, 6) is -1.91. The van der Waals surface area contributed by atoms with Gasteiger partial charge in [-0.1, -0.05) is 28.7 Å². The van der Waals surface area contributed by atoms with Crippen LogP contribution in [0, 0.1) is 11.8 Å². The summed E-state index contributed by atoms with van der Waals surface area (Å²) in [5, 5.41) is 22.5. The molecule has 4 aromatic heterocycles. The fourth-order valence-corrected chi connectivity index (χ4v) is 19.0. The van der Waals surface area contributed by atoms with Crippen LogP contribution in [-0.2, 0) is 88.2 Å². The number of alkyl halides is 4. The number of carbonyl (C=O) groups is 7. The van der Waals surface area contributed by atoms with E-state index < -0.39 is 256 Å². The van der Waals surface area contributed by atoms with Gasteiger partial charge in [-0.05, 0) is 149 Å². The number of imide groups is 2. The lowest BCUT2D eigenvalue weighted by Crippen LogP contribution is -2.45. The number of halogens is 4. The van der Waals surface area contributed by atoms with E-state index in [9.17, 15) is 104 Å². The van der Waals surface area contributed by atoms with Crippen molar-refractivity contribution in [2.45, 2.75) is 273 Å². The SMILES string of the molecule is C.C.CC(C)OC(=O)OCOP(=O)(O)OC[C@H]1S[C@@H](n2ccc(N)nc2=O)[C@@H](F)[C@@H]1O.CC(C)OC(=O)OCOP(=O)(OCOC(=O)OC(C)C)OC[C@H]1S[C@@H](n2ccc(N)nc2=O)[C@@H](F)[C@@H]1O.C[C@H]1[C@H](F)[C@H](n2ccc(N(C(=O)OC(C)(C)C)C(=O)OC(C)(C)C)nc2=O)S[C@@H]1CO.C[C@H]1[C@H](F)[C@H](n2ccc(N(C(=O)OC(C)(C)C)C(=O)OC(C)(C)C)nc2=O)S[C@@H]1COP(=O)(O)O. The third kappa shape index (κ3) is 38.3. The highest BCUT2D eigenvalue weighted by atomic mass is 32.2. The van der Waals surface area contributed by atoms with Crippen LogP contribution in [0.25, 0.3) is 0 Å². The van der Waals surface area contributed by atoms with Crippen LogP contribution < -0.4 is 44.0 Å². The second kappa shape index (κ2) is 51.4. The van der Waals surface area contributed by atoms with Gasteiger partial charge in [0, 0.05) is 47.1 Å². The summed E-state index contributed by atoms with van der Waals surface area (Å²) < 4.78 is 176. The smallest absolute Gasteiger partial charge is 0.443 e. The van der Waals surface area contributed by atoms with E-state index in [0.717, 1.165) is 65.3 Å². The largest absolute Gasteiger partial charge is 0.510 e. The van der Waals surface area contributed by atoms with Gasteiger partial charge in [0.05, 0.1) is 55.2 Å². The first-order valence-electron chi connectivity index (χ1n) is 39.7. The van der Waals surface area contributed by atoms with Crippen LogP contribution in [0.3, 0.4) is 0 Å². The lowest BCUT2D eigenvalue weighted by atomic mass is 10.0. The first-order chi connectivity index (χ1) is 60.7. The van der Waals surface area contributed by atoms with Gasteiger partial charge < -0.3 is 88.8 Å². The number of phosphoric ester groups is 3. The highest BCUT2D eigenvalue weighted by molar-refractivity contribution is 8.01. The maximum absolute atomic E-state index is 15.0. The van der Waals surface area contributed by atoms with Gasteiger partial charge in [0.1, 0.15) is 80.1 Å². The number of aromatic nitrogens is 8. The Morgan fingerprint density at radius 1 is 0.433 bits per heavy atom. The van der Waals surface area contributed by atoms with E-state index in [-0.39, 0.29) is 50.0 Å². The number of amides is 4. The van der Waals surface area contributed by atoms with Crippen LogP contribution >= 0.6 is 70.5 Å². The monoisotopic (exact) mass is 2060 g/mol. The summed E-state index contributed by atoms with van der Waals surface area (Å²) in [6.07, 6.45) is -14.2. The van der Waals surface area contributed by atoms with Crippen LogP contribution in [0.5, 0.6) is 0 Å². The second-order valence-electron chi connectivity index (χ2n) is 33.3. The molecule has 0 radical (unpaired) electrons. The average molecular weight is 2060 g/mol. The van der Waals surface area contributed by atoms with Gasteiger partial charge >= 0.3 is 89.1 Å². The second-order valence-corrected chi connectivity index (χ2v) is 43.1. The molecule has 4 fully saturated rings. The van der Waals surface area contributed by atoms with Crippen LogP contribution in [0.2, 0.25) is 0 Å². The van der Waals surface area contributed by atoms with Crippen LogP contribution in [0.15, 0.2) is 68.2 Å². The Kier molecular flexibility index (Phi) is 46.0. The molecule has 134 heavy (non-hydrogen) atoms. The fraction of sp³-hybridized carbons (Fsp3) is 0.693. The molecule has 17 atom stereocenters. The van der Waals surface area contributed by atoms with E-state index >= 15 is 0 Å². The highest BCUT2D eigenvalue weighted by Gasteiger charge is 2.50. The molecule has 4 aromatic rings. The van der Waals surface area contributed by atoms with Gasteiger partial charge in [0.25, 0.3) is 0 Å². The van der Waals surface area contributed by atoms with Crippen molar-refractivity contribution in [3.8, 4) is 0 Å². The summed E-state index contributed by atoms with van der Waals surface area (Å²) in [4.78, 5) is 177. The Morgan fingerprint density at radius 3 is 1.00 bits per heavy atom. The molecule has 10 N–H and O–H groups in total. The van der Waals surface area contributed by atoms with E-state index in [4.69, 9.17) is 67.8 Å². The lowest BCUT2D eigenvalue weighted by Gasteiger charge is -2.28. The van der Waals surface area contributed by atoms with Crippen molar-refractivity contribution in [3.05, 3.63) is 91.0 Å². The summed E-state index contributed by atoms with van der Waals surface area (Å²) in [6, 6.07) is 5.01. The van der Waals surface area contributed by atoms with Gasteiger partial charge in [0.2, 0.25) is 20.4 Å². The molecule has 4 aliphatic rings. The third-order valence-electron chi connectivity index (χ3n) is 16.7. The van der Waals surface area contributed by atoms with Crippen molar-refractivity contribution in [1.82, 2.24) is 38.2 Å². The quantitative estimate of drug-likeness (QED) is 0.00860. The number of hydrogen-bond donors (Lipinski definition) is 8. The Balaban J connectivity index is 0.000000460. The minimum Gasteiger partial charge on any atom is -0.443 e. The lowest BCUT2D eigenvalue weighted by molar-refractivity contribution is -0.0468. The molecule has 0 aliphatic carbocycles. The molecule has 4 aliphatic heterocycles. The van der Waals surface area contributed by atoms with Crippen LogP contribution in [-0.4, -0.2) is 256 Å². The highest BCUT2D eigenvalue weighted by Crippen LogP contribution is 2.54. The van der Waals surface area contributed by atoms with Gasteiger partial charge in [-0.3, -0.25) is 31.8 Å². The zero-order valence-corrected chi connectivity index (χ0v) is 81.0. The number of anilines is 4. The van der Waals surface area contributed by atoms with Crippen molar-refractivity contribution in [1.29, 1.82) is 0 Å². The zero-order chi connectivity index (χ0) is 100. The topological polar surface area (TPSA) is 638 Å². The molecule has 48 nitrogen and oxygen atoms in total. The summed E-state index contributed by atoms with van der Waals surface area (Å²) in [6.45, 7) is 27.3. The Morgan fingerprint density at radius 2 is 0.709 bits per heavy atom. The standard InChI is InChI=1S/C20H31FN3O9PS.C20H30FN3O6S.C19H29FN3O12PS.C14H21FN3O9PS.2CH4/c1-11-12(10-31-34(28,29)30)35-15(14(11)21)23-9-8-13(22-16(23)25)24(17(26)32-19(2,3)4)18(27)33-20(5,6)7;1-11-12(10-25)31-15(14(11)21)23-9-8-13(22-16(23)26)24(17(27)29-19(2,3)4)18(28)30-20(5,6)7;1-10(2)34-18(26)29-8-32-36(28,33-9-30-19(27)35-11(3)4)31-7-12-15(24)14(20)16(37-12)23-6-5-13(21)22-17(23)25;1-7(2)27-14(21)24-6-26-28(22,23)25-5-8-11(19)10(15)12(29-8)18-4-3-9(16)17-13(18)20;;/h8-9,11-12,14-15H,10H2,1-7H3,(H2,28,29,30);8-9,11-12,14-15,25H,10H2,1-7H3;5-6,10-12,14-16,24H,7-9H2,1-4H3,(H2,21,22,25);3-4,7-8,10-12,19H,5-6H2,1-2H3,(H,22,23)(H2,16,17,20);2*1H4/t2*11-,12-,14+,15-;12-,14+,15-,16-;8-,10+,11-,12-;;/m1111../s1. The van der Waals surface area contributed by atoms with Gasteiger partial charge in [-0.2, -0.15) is 29.7 Å². The van der Waals surface area contributed by atoms with Crippen LogP contribution in [0.1, 0.15) is 175 Å². The molecule has 0 saturated carbocycles. The maximum atomic E-state index is 15.0. The molecule has 762 valence electrons. The van der Waals surface area contributed by atoms with E-state index in [1.165, 1.54) is 56.0 Å². The molecule has 0 bridgehead atoms. The first-order valence-corrected chi connectivity index (χ1v) is 47.9. The summed E-state index contributed by atoms with van der Waals surface area (Å²) in [7, 11) is -14.0. The molecular weight excluding hydrogens is 1940 g/mol. The third-order valence-corrected chi connectivity index (χ3v) is 25.8.